The van der Waals surface area contributed by atoms with Crippen LogP contribution in [0.2, 0.25) is 0 Å². The van der Waals surface area contributed by atoms with E-state index in [4.69, 9.17) is 4.42 Å². The first-order valence-electron chi connectivity index (χ1n) is 6.41. The van der Waals surface area contributed by atoms with Gasteiger partial charge in [0.25, 0.3) is 0 Å². The molecule has 1 N–H and O–H groups in total. The minimum absolute atomic E-state index is 0.267. The van der Waals surface area contributed by atoms with Gasteiger partial charge in [0.1, 0.15) is 17.3 Å². The van der Waals surface area contributed by atoms with Crippen LogP contribution in [0.3, 0.4) is 0 Å². The van der Waals surface area contributed by atoms with E-state index in [9.17, 15) is 4.39 Å². The van der Waals surface area contributed by atoms with E-state index in [1.54, 1.807) is 6.07 Å². The van der Waals surface area contributed by atoms with Crippen LogP contribution in [0.5, 0.6) is 0 Å². The number of halogens is 2. The summed E-state index contributed by atoms with van der Waals surface area (Å²) in [6, 6.07) is 8.96. The van der Waals surface area contributed by atoms with Gasteiger partial charge in [-0.25, -0.2) is 4.39 Å². The quantitative estimate of drug-likeness (QED) is 0.864. The third-order valence-corrected chi connectivity index (χ3v) is 4.03. The van der Waals surface area contributed by atoms with Crippen molar-refractivity contribution in [2.24, 2.45) is 5.92 Å². The van der Waals surface area contributed by atoms with Gasteiger partial charge in [-0.3, -0.25) is 0 Å². The van der Waals surface area contributed by atoms with E-state index in [-0.39, 0.29) is 5.82 Å². The lowest BCUT2D eigenvalue weighted by Gasteiger charge is -2.06. The van der Waals surface area contributed by atoms with Gasteiger partial charge in [-0.05, 0) is 42.7 Å². The van der Waals surface area contributed by atoms with E-state index in [2.05, 4.69) is 28.2 Å². The fourth-order valence-electron chi connectivity index (χ4n) is 2.22. The number of nitrogens with one attached hydrogen (secondary N) is 1. The van der Waals surface area contributed by atoms with Crippen molar-refractivity contribution >= 4 is 21.6 Å². The molecular weight excluding hydrogens is 309 g/mol. The molecular formula is C15H15BrFNO. The van der Waals surface area contributed by atoms with Crippen LogP contribution in [0.15, 0.2) is 39.2 Å². The number of furan rings is 1. The molecule has 2 nitrogen and oxygen atoms in total. The Labute approximate surface area is 120 Å². The SMILES string of the molecule is CC1CC1c1ccc(CNc2ccc(Br)cc2F)o1. The predicted octanol–water partition coefficient (Wildman–Crippen LogP) is 4.92. The summed E-state index contributed by atoms with van der Waals surface area (Å²) >= 11 is 3.24. The molecule has 100 valence electrons. The molecule has 1 fully saturated rings. The average Bonchev–Trinajstić information content (AvgIpc) is 2.91. The first kappa shape index (κ1) is 12.7. The molecule has 0 saturated heterocycles. The van der Waals surface area contributed by atoms with Gasteiger partial charge in [-0.1, -0.05) is 22.9 Å². The van der Waals surface area contributed by atoms with E-state index < -0.39 is 0 Å². The normalized spacial score (nSPS) is 21.4. The van der Waals surface area contributed by atoms with Gasteiger partial charge in [-0.15, -0.1) is 0 Å². The second kappa shape index (κ2) is 5.00. The first-order chi connectivity index (χ1) is 9.13. The van der Waals surface area contributed by atoms with Crippen LogP contribution in [-0.4, -0.2) is 0 Å². The molecule has 2 atom stereocenters. The third kappa shape index (κ3) is 2.84. The van der Waals surface area contributed by atoms with E-state index in [1.807, 2.05) is 18.2 Å². The van der Waals surface area contributed by atoms with Crippen LogP contribution >= 0.6 is 15.9 Å². The largest absolute Gasteiger partial charge is 0.464 e. The van der Waals surface area contributed by atoms with Gasteiger partial charge >= 0.3 is 0 Å². The molecule has 4 heteroatoms. The average molecular weight is 324 g/mol. The highest BCUT2D eigenvalue weighted by molar-refractivity contribution is 9.10. The van der Waals surface area contributed by atoms with Crippen molar-refractivity contribution in [1.29, 1.82) is 0 Å². The Balaban J connectivity index is 1.64. The molecule has 1 aliphatic rings. The Bertz CT molecular complexity index is 596. The summed E-state index contributed by atoms with van der Waals surface area (Å²) in [7, 11) is 0. The number of anilines is 1. The summed E-state index contributed by atoms with van der Waals surface area (Å²) in [6.45, 7) is 2.72. The smallest absolute Gasteiger partial charge is 0.147 e. The van der Waals surface area contributed by atoms with Crippen LogP contribution in [0, 0.1) is 11.7 Å². The Kier molecular flexibility index (Phi) is 3.35. The molecule has 0 aliphatic heterocycles. The lowest BCUT2D eigenvalue weighted by molar-refractivity contribution is 0.467. The Hall–Kier alpha value is -1.29. The van der Waals surface area contributed by atoms with E-state index in [0.29, 0.717) is 18.2 Å². The molecule has 0 radical (unpaired) electrons. The summed E-state index contributed by atoms with van der Waals surface area (Å²) in [4.78, 5) is 0. The zero-order chi connectivity index (χ0) is 13.4. The second-order valence-electron chi connectivity index (χ2n) is 5.10. The van der Waals surface area contributed by atoms with Crippen molar-refractivity contribution in [3.8, 4) is 0 Å². The molecule has 3 rings (SSSR count). The molecule has 1 heterocycles. The molecule has 1 saturated carbocycles. The van der Waals surface area contributed by atoms with Gasteiger partial charge in [0, 0.05) is 10.4 Å². The highest BCUT2D eigenvalue weighted by Gasteiger charge is 2.36. The van der Waals surface area contributed by atoms with Crippen LogP contribution < -0.4 is 5.32 Å². The maximum absolute atomic E-state index is 13.6. The molecule has 0 bridgehead atoms. The summed E-state index contributed by atoms with van der Waals surface area (Å²) < 4.78 is 20.1. The predicted molar refractivity (Wildman–Crippen MR) is 76.7 cm³/mol. The lowest BCUT2D eigenvalue weighted by Crippen LogP contribution is -2.00. The van der Waals surface area contributed by atoms with Crippen LogP contribution in [0.4, 0.5) is 10.1 Å². The van der Waals surface area contributed by atoms with Crippen LogP contribution in [0.1, 0.15) is 30.8 Å². The zero-order valence-electron chi connectivity index (χ0n) is 10.6. The van der Waals surface area contributed by atoms with Crippen molar-refractivity contribution in [2.75, 3.05) is 5.32 Å². The Morgan fingerprint density at radius 1 is 1.37 bits per heavy atom. The molecule has 1 aliphatic carbocycles. The lowest BCUT2D eigenvalue weighted by atomic mass is 10.3. The van der Waals surface area contributed by atoms with Gasteiger partial charge in [-0.2, -0.15) is 0 Å². The second-order valence-corrected chi connectivity index (χ2v) is 6.02. The Morgan fingerprint density at radius 3 is 2.84 bits per heavy atom. The van der Waals surface area contributed by atoms with Gasteiger partial charge in [0.15, 0.2) is 0 Å². The summed E-state index contributed by atoms with van der Waals surface area (Å²) in [5.74, 6) is 2.95. The van der Waals surface area contributed by atoms with E-state index in [0.717, 1.165) is 21.9 Å². The summed E-state index contributed by atoms with van der Waals surface area (Å²) in [5, 5.41) is 3.05. The maximum Gasteiger partial charge on any atom is 0.147 e. The number of hydrogen-bond acceptors (Lipinski definition) is 2. The minimum Gasteiger partial charge on any atom is -0.464 e. The van der Waals surface area contributed by atoms with Crippen LogP contribution in [0.25, 0.3) is 0 Å². The molecule has 0 spiro atoms. The van der Waals surface area contributed by atoms with Gasteiger partial charge in [0.2, 0.25) is 0 Å². The molecule has 2 aromatic rings. The van der Waals surface area contributed by atoms with Crippen LogP contribution in [-0.2, 0) is 6.54 Å². The molecule has 2 unspecified atom stereocenters. The topological polar surface area (TPSA) is 25.2 Å². The monoisotopic (exact) mass is 323 g/mol. The highest BCUT2D eigenvalue weighted by atomic mass is 79.9. The maximum atomic E-state index is 13.6. The number of hydrogen-bond donors (Lipinski definition) is 1. The van der Waals surface area contributed by atoms with E-state index >= 15 is 0 Å². The number of rotatable bonds is 4. The van der Waals surface area contributed by atoms with Gasteiger partial charge < -0.3 is 9.73 Å². The van der Waals surface area contributed by atoms with Crippen molar-refractivity contribution in [2.45, 2.75) is 25.8 Å². The minimum atomic E-state index is -0.267. The molecule has 19 heavy (non-hydrogen) atoms. The number of benzene rings is 1. The highest BCUT2D eigenvalue weighted by Crippen LogP contribution is 2.47. The van der Waals surface area contributed by atoms with Crippen molar-refractivity contribution < 1.29 is 8.81 Å². The molecule has 1 aromatic heterocycles. The standard InChI is InChI=1S/C15H15BrFNO/c1-9-6-12(9)15-5-3-11(19-15)8-18-14-4-2-10(16)7-13(14)17/h2-5,7,9,12,18H,6,8H2,1H3. The molecule has 1 aromatic carbocycles. The van der Waals surface area contributed by atoms with Gasteiger partial charge in [0.05, 0.1) is 12.2 Å². The molecule has 0 amide bonds. The third-order valence-electron chi connectivity index (χ3n) is 3.54. The summed E-state index contributed by atoms with van der Waals surface area (Å²) in [5.41, 5.74) is 0.487. The van der Waals surface area contributed by atoms with Crippen molar-refractivity contribution in [3.63, 3.8) is 0 Å². The zero-order valence-corrected chi connectivity index (χ0v) is 12.2. The first-order valence-corrected chi connectivity index (χ1v) is 7.20. The summed E-state index contributed by atoms with van der Waals surface area (Å²) in [6.07, 6.45) is 1.21. The van der Waals surface area contributed by atoms with Crippen molar-refractivity contribution in [3.05, 3.63) is 52.1 Å². The van der Waals surface area contributed by atoms with E-state index in [1.165, 1.54) is 12.5 Å². The Morgan fingerprint density at radius 2 is 2.16 bits per heavy atom. The van der Waals surface area contributed by atoms with Crippen molar-refractivity contribution in [1.82, 2.24) is 0 Å². The fraction of sp³-hybridized carbons (Fsp3) is 0.333. The fourth-order valence-corrected chi connectivity index (χ4v) is 2.56.